The maximum atomic E-state index is 9.41. The van der Waals surface area contributed by atoms with Crippen LogP contribution in [0.15, 0.2) is 30.3 Å². The molecule has 114 valence electrons. The van der Waals surface area contributed by atoms with E-state index in [1.807, 2.05) is 18.2 Å². The fourth-order valence-corrected chi connectivity index (χ4v) is 2.57. The van der Waals surface area contributed by atoms with Gasteiger partial charge in [0, 0.05) is 6.54 Å². The minimum Gasteiger partial charge on any atom is -0.394 e. The number of aliphatic hydroxyl groups is 1. The van der Waals surface area contributed by atoms with Gasteiger partial charge in [0.05, 0.1) is 19.2 Å². The fourth-order valence-electron chi connectivity index (χ4n) is 2.57. The van der Waals surface area contributed by atoms with Crippen LogP contribution in [0.2, 0.25) is 0 Å². The van der Waals surface area contributed by atoms with Gasteiger partial charge in [-0.2, -0.15) is 0 Å². The molecule has 1 aromatic carbocycles. The molecule has 2 N–H and O–H groups in total. The molecule has 3 heteroatoms. The van der Waals surface area contributed by atoms with Crippen LogP contribution in [-0.2, 0) is 6.54 Å². The molecule has 1 aromatic rings. The largest absolute Gasteiger partial charge is 0.394 e. The molecule has 0 saturated carbocycles. The number of likely N-dealkylation sites (tertiary alicyclic amines) is 1. The molecular weight excluding hydrogens is 260 g/mol. The van der Waals surface area contributed by atoms with Crippen LogP contribution in [0.5, 0.6) is 0 Å². The molecule has 0 radical (unpaired) electrons. The maximum Gasteiger partial charge on any atom is 0.0926 e. The Morgan fingerprint density at radius 3 is 2.48 bits per heavy atom. The Bertz CT molecular complexity index is 441. The molecule has 1 unspecified atom stereocenters. The predicted molar refractivity (Wildman–Crippen MR) is 86.8 cm³/mol. The molecular formula is C18H26N2O. The second-order valence-corrected chi connectivity index (χ2v) is 5.61. The average Bonchev–Trinajstić information content (AvgIpc) is 2.80. The van der Waals surface area contributed by atoms with Gasteiger partial charge in [0.2, 0.25) is 0 Å². The van der Waals surface area contributed by atoms with E-state index in [4.69, 9.17) is 0 Å². The van der Waals surface area contributed by atoms with E-state index >= 15 is 0 Å². The number of nitrogens with zero attached hydrogens (tertiary/aromatic N) is 1. The van der Waals surface area contributed by atoms with Crippen molar-refractivity contribution < 1.29 is 5.11 Å². The first-order chi connectivity index (χ1) is 10.4. The van der Waals surface area contributed by atoms with Crippen molar-refractivity contribution in [3.63, 3.8) is 0 Å². The van der Waals surface area contributed by atoms with E-state index in [1.54, 1.807) is 0 Å². The summed E-state index contributed by atoms with van der Waals surface area (Å²) in [5, 5.41) is 12.7. The van der Waals surface area contributed by atoms with Crippen LogP contribution < -0.4 is 5.32 Å². The van der Waals surface area contributed by atoms with E-state index in [0.29, 0.717) is 0 Å². The van der Waals surface area contributed by atoms with Crippen molar-refractivity contribution in [3.05, 3.63) is 35.9 Å². The van der Waals surface area contributed by atoms with Crippen LogP contribution in [-0.4, -0.2) is 42.3 Å². The summed E-state index contributed by atoms with van der Waals surface area (Å²) in [5.74, 6) is 6.38. The molecule has 1 fully saturated rings. The van der Waals surface area contributed by atoms with Gasteiger partial charge in [-0.05, 0) is 31.5 Å². The van der Waals surface area contributed by atoms with Gasteiger partial charge in [0.1, 0.15) is 0 Å². The van der Waals surface area contributed by atoms with Crippen molar-refractivity contribution in [3.8, 4) is 11.8 Å². The first-order valence-corrected chi connectivity index (χ1v) is 7.97. The van der Waals surface area contributed by atoms with Gasteiger partial charge in [-0.3, -0.25) is 10.2 Å². The second-order valence-electron chi connectivity index (χ2n) is 5.61. The first kappa shape index (κ1) is 16.0. The number of rotatable bonds is 5. The minimum atomic E-state index is -0.141. The fraction of sp³-hybridized carbons (Fsp3) is 0.556. The lowest BCUT2D eigenvalue weighted by Gasteiger charge is -2.16. The van der Waals surface area contributed by atoms with Gasteiger partial charge < -0.3 is 5.11 Å². The molecule has 1 saturated heterocycles. The highest BCUT2D eigenvalue weighted by Crippen LogP contribution is 2.08. The van der Waals surface area contributed by atoms with Gasteiger partial charge in [-0.1, -0.05) is 55.0 Å². The summed E-state index contributed by atoms with van der Waals surface area (Å²) in [5.41, 5.74) is 1.21. The lowest BCUT2D eigenvalue weighted by Crippen LogP contribution is -2.31. The highest BCUT2D eigenvalue weighted by molar-refractivity contribution is 5.16. The molecule has 3 nitrogen and oxygen atoms in total. The Morgan fingerprint density at radius 2 is 1.81 bits per heavy atom. The zero-order valence-electron chi connectivity index (χ0n) is 12.7. The molecule has 0 amide bonds. The third-order valence-electron chi connectivity index (χ3n) is 3.86. The first-order valence-electron chi connectivity index (χ1n) is 7.97. The van der Waals surface area contributed by atoms with E-state index in [9.17, 15) is 5.11 Å². The molecule has 2 rings (SSSR count). The summed E-state index contributed by atoms with van der Waals surface area (Å²) in [7, 11) is 0. The molecule has 0 bridgehead atoms. The quantitative estimate of drug-likeness (QED) is 0.813. The Morgan fingerprint density at radius 1 is 1.10 bits per heavy atom. The Hall–Kier alpha value is -1.34. The molecule has 1 aliphatic rings. The van der Waals surface area contributed by atoms with Crippen molar-refractivity contribution in [1.82, 2.24) is 10.2 Å². The molecule has 0 aliphatic carbocycles. The topological polar surface area (TPSA) is 35.5 Å². The summed E-state index contributed by atoms with van der Waals surface area (Å²) >= 11 is 0. The molecule has 1 heterocycles. The third-order valence-corrected chi connectivity index (χ3v) is 3.86. The number of nitrogens with one attached hydrogen (secondary N) is 1. The van der Waals surface area contributed by atoms with Crippen LogP contribution in [0.3, 0.4) is 0 Å². The molecule has 1 atom stereocenters. The Kier molecular flexibility index (Phi) is 7.31. The zero-order valence-corrected chi connectivity index (χ0v) is 12.7. The second kappa shape index (κ2) is 9.57. The summed E-state index contributed by atoms with van der Waals surface area (Å²) in [6, 6.07) is 10.1. The van der Waals surface area contributed by atoms with Crippen LogP contribution in [0.4, 0.5) is 0 Å². The lowest BCUT2D eigenvalue weighted by molar-refractivity contribution is 0.267. The summed E-state index contributed by atoms with van der Waals surface area (Å²) in [4.78, 5) is 2.42. The molecule has 21 heavy (non-hydrogen) atoms. The Balaban J connectivity index is 1.75. The number of benzene rings is 1. The minimum absolute atomic E-state index is 0.0554. The van der Waals surface area contributed by atoms with Crippen LogP contribution in [0.1, 0.15) is 31.2 Å². The van der Waals surface area contributed by atoms with Crippen LogP contribution in [0, 0.1) is 11.8 Å². The standard InChI is InChI=1S/C18H26N2O/c21-16-18(19-15-17-9-4-3-5-10-17)11-8-14-20-12-6-1-2-7-13-20/h3-5,9-10,18-19,21H,1-2,6-7,12-16H2. The summed E-state index contributed by atoms with van der Waals surface area (Å²) in [6.45, 7) is 3.94. The van der Waals surface area contributed by atoms with Crippen LogP contribution in [0.25, 0.3) is 0 Å². The van der Waals surface area contributed by atoms with Gasteiger partial charge in [0.25, 0.3) is 0 Å². The summed E-state index contributed by atoms with van der Waals surface area (Å²) < 4.78 is 0. The van der Waals surface area contributed by atoms with Crippen molar-refractivity contribution in [1.29, 1.82) is 0 Å². The van der Waals surface area contributed by atoms with Gasteiger partial charge in [-0.15, -0.1) is 0 Å². The van der Waals surface area contributed by atoms with E-state index in [2.05, 4.69) is 34.2 Å². The number of aliphatic hydroxyl groups excluding tert-OH is 1. The Labute approximate surface area is 128 Å². The van der Waals surface area contributed by atoms with Gasteiger partial charge >= 0.3 is 0 Å². The zero-order chi connectivity index (χ0) is 14.8. The molecule has 1 aliphatic heterocycles. The van der Waals surface area contributed by atoms with Crippen LogP contribution >= 0.6 is 0 Å². The normalized spacial score (nSPS) is 17.6. The molecule has 0 spiro atoms. The summed E-state index contributed by atoms with van der Waals surface area (Å²) in [6.07, 6.45) is 5.28. The van der Waals surface area contributed by atoms with Gasteiger partial charge in [-0.25, -0.2) is 0 Å². The highest BCUT2D eigenvalue weighted by Gasteiger charge is 2.07. The highest BCUT2D eigenvalue weighted by atomic mass is 16.3. The van der Waals surface area contributed by atoms with E-state index in [0.717, 1.165) is 26.2 Å². The predicted octanol–water partition coefficient (Wildman–Crippen LogP) is 2.02. The lowest BCUT2D eigenvalue weighted by atomic mass is 10.2. The van der Waals surface area contributed by atoms with Gasteiger partial charge in [0.15, 0.2) is 0 Å². The SMILES string of the molecule is OCC(C#CCN1CCCCCC1)NCc1ccccc1. The molecule has 0 aromatic heterocycles. The van der Waals surface area contributed by atoms with Crippen molar-refractivity contribution in [2.75, 3.05) is 26.2 Å². The maximum absolute atomic E-state index is 9.41. The van der Waals surface area contributed by atoms with Crippen molar-refractivity contribution in [2.45, 2.75) is 38.3 Å². The van der Waals surface area contributed by atoms with E-state index < -0.39 is 0 Å². The monoisotopic (exact) mass is 286 g/mol. The average molecular weight is 286 g/mol. The van der Waals surface area contributed by atoms with Crippen molar-refractivity contribution >= 4 is 0 Å². The van der Waals surface area contributed by atoms with E-state index in [1.165, 1.54) is 31.2 Å². The number of hydrogen-bond donors (Lipinski definition) is 2. The smallest absolute Gasteiger partial charge is 0.0926 e. The third kappa shape index (κ3) is 6.31. The van der Waals surface area contributed by atoms with Crippen molar-refractivity contribution in [2.24, 2.45) is 0 Å². The van der Waals surface area contributed by atoms with E-state index in [-0.39, 0.29) is 12.6 Å². The number of hydrogen-bond acceptors (Lipinski definition) is 3.